The van der Waals surface area contributed by atoms with Gasteiger partial charge in [0.2, 0.25) is 5.95 Å². The lowest BCUT2D eigenvalue weighted by molar-refractivity contribution is 0.354. The topological polar surface area (TPSA) is 78.3 Å². The molecule has 0 fully saturated rings. The first-order valence-electron chi connectivity index (χ1n) is 14.1. The van der Waals surface area contributed by atoms with Crippen LogP contribution in [-0.4, -0.2) is 44.1 Å². The minimum atomic E-state index is -0.352. The molecule has 0 saturated heterocycles. The molecular formula is C35H30F2N4O4. The van der Waals surface area contributed by atoms with Gasteiger partial charge in [-0.25, -0.2) is 23.8 Å². The van der Waals surface area contributed by atoms with Crippen LogP contribution in [0.25, 0.3) is 22.5 Å². The van der Waals surface area contributed by atoms with Crippen molar-refractivity contribution in [2.75, 3.05) is 33.4 Å². The molecule has 1 unspecified atom stereocenters. The second-order valence-corrected chi connectivity index (χ2v) is 10.2. The molecule has 228 valence electrons. The summed E-state index contributed by atoms with van der Waals surface area (Å²) >= 11 is 0. The Balaban J connectivity index is 1.53. The number of benzene rings is 4. The molecule has 2 heterocycles. The molecule has 1 aliphatic rings. The Bertz CT molecular complexity index is 1860. The average molecular weight is 609 g/mol. The maximum Gasteiger partial charge on any atom is 0.247 e. The second kappa shape index (κ2) is 12.6. The predicted molar refractivity (Wildman–Crippen MR) is 168 cm³/mol. The van der Waals surface area contributed by atoms with Crippen LogP contribution in [0.5, 0.6) is 23.0 Å². The van der Waals surface area contributed by atoms with Gasteiger partial charge in [-0.1, -0.05) is 18.2 Å². The smallest absolute Gasteiger partial charge is 0.247 e. The Hall–Kier alpha value is -5.51. The van der Waals surface area contributed by atoms with Crippen LogP contribution < -0.4 is 24.0 Å². The summed E-state index contributed by atoms with van der Waals surface area (Å²) in [6.45, 7) is 0. The van der Waals surface area contributed by atoms with E-state index < -0.39 is 0 Å². The lowest BCUT2D eigenvalue weighted by atomic mass is 9.98. The standard InChI is InChI=1S/C35H30F2N4O4/c1-42-31-15-9-23(17-33(31)44-3)28-19-27(21-5-11-25(36)12-6-21)38-35(39-28)41-30(24-10-16-32(43-2)34(18-24)45-4)20-29(40-41)22-7-13-26(37)14-8-22/h5-19,30H,20H2,1-4H3. The number of aromatic nitrogens is 2. The van der Waals surface area contributed by atoms with Gasteiger partial charge in [0.05, 0.1) is 51.6 Å². The first kappa shape index (κ1) is 29.6. The number of hydrogen-bond acceptors (Lipinski definition) is 8. The van der Waals surface area contributed by atoms with Crippen molar-refractivity contribution in [3.63, 3.8) is 0 Å². The van der Waals surface area contributed by atoms with E-state index in [1.165, 1.54) is 24.3 Å². The van der Waals surface area contributed by atoms with Crippen molar-refractivity contribution in [1.82, 2.24) is 9.97 Å². The van der Waals surface area contributed by atoms with Gasteiger partial charge in [0.25, 0.3) is 0 Å². The number of hydrogen-bond donors (Lipinski definition) is 0. The van der Waals surface area contributed by atoms with Crippen LogP contribution in [0.3, 0.4) is 0 Å². The highest BCUT2D eigenvalue weighted by atomic mass is 19.1. The summed E-state index contributed by atoms with van der Waals surface area (Å²) in [5.74, 6) is 1.91. The molecule has 10 heteroatoms. The minimum absolute atomic E-state index is 0.318. The second-order valence-electron chi connectivity index (χ2n) is 10.2. The van der Waals surface area contributed by atoms with Gasteiger partial charge in [-0.2, -0.15) is 5.10 Å². The van der Waals surface area contributed by atoms with Crippen LogP contribution in [-0.2, 0) is 0 Å². The minimum Gasteiger partial charge on any atom is -0.493 e. The van der Waals surface area contributed by atoms with E-state index >= 15 is 0 Å². The van der Waals surface area contributed by atoms with Crippen molar-refractivity contribution in [2.24, 2.45) is 5.10 Å². The molecule has 4 aromatic carbocycles. The maximum absolute atomic E-state index is 13.9. The van der Waals surface area contributed by atoms with E-state index in [2.05, 4.69) is 0 Å². The summed E-state index contributed by atoms with van der Waals surface area (Å²) in [5.41, 5.74) is 5.02. The van der Waals surface area contributed by atoms with Crippen molar-refractivity contribution in [1.29, 1.82) is 0 Å². The number of hydrazone groups is 1. The monoisotopic (exact) mass is 608 g/mol. The highest BCUT2D eigenvalue weighted by Crippen LogP contribution is 2.40. The molecule has 0 N–H and O–H groups in total. The zero-order valence-corrected chi connectivity index (χ0v) is 25.1. The Morgan fingerprint density at radius 1 is 0.578 bits per heavy atom. The van der Waals surface area contributed by atoms with E-state index in [-0.39, 0.29) is 17.7 Å². The third kappa shape index (κ3) is 5.99. The van der Waals surface area contributed by atoms with Crippen LogP contribution in [0, 0.1) is 11.6 Å². The van der Waals surface area contributed by atoms with Crippen LogP contribution >= 0.6 is 0 Å². The summed E-state index contributed by atoms with van der Waals surface area (Å²) in [4.78, 5) is 9.90. The lowest BCUT2D eigenvalue weighted by Gasteiger charge is -2.24. The van der Waals surface area contributed by atoms with E-state index in [1.54, 1.807) is 63.8 Å². The number of anilines is 1. The number of methoxy groups -OCH3 is 4. The highest BCUT2D eigenvalue weighted by Gasteiger charge is 2.33. The SMILES string of the molecule is COc1ccc(-c2cc(-c3ccc(F)cc3)nc(N3N=C(c4ccc(F)cc4)CC3c3ccc(OC)c(OC)c3)n2)cc1OC. The average Bonchev–Trinajstić information content (AvgIpc) is 3.53. The van der Waals surface area contributed by atoms with Crippen molar-refractivity contribution in [3.8, 4) is 45.5 Å². The van der Waals surface area contributed by atoms with E-state index in [0.717, 1.165) is 22.4 Å². The van der Waals surface area contributed by atoms with Crippen LogP contribution in [0.4, 0.5) is 14.7 Å². The van der Waals surface area contributed by atoms with Crippen molar-refractivity contribution in [2.45, 2.75) is 12.5 Å². The van der Waals surface area contributed by atoms with Gasteiger partial charge in [-0.05, 0) is 83.9 Å². The van der Waals surface area contributed by atoms with Gasteiger partial charge in [-0.15, -0.1) is 0 Å². The summed E-state index contributed by atoms with van der Waals surface area (Å²) in [5, 5.41) is 6.75. The Labute approximate surface area is 259 Å². The first-order valence-corrected chi connectivity index (χ1v) is 14.1. The molecular weight excluding hydrogens is 578 g/mol. The van der Waals surface area contributed by atoms with E-state index in [1.807, 2.05) is 36.4 Å². The molecule has 0 amide bonds. The van der Waals surface area contributed by atoms with Gasteiger partial charge in [0.1, 0.15) is 11.6 Å². The lowest BCUT2D eigenvalue weighted by Crippen LogP contribution is -2.21. The fourth-order valence-electron chi connectivity index (χ4n) is 5.28. The fraction of sp³-hybridized carbons (Fsp3) is 0.171. The van der Waals surface area contributed by atoms with Crippen molar-refractivity contribution < 1.29 is 27.7 Å². The fourth-order valence-corrected chi connectivity index (χ4v) is 5.28. The summed E-state index contributed by atoms with van der Waals surface area (Å²) in [6, 6.07) is 25.0. The highest BCUT2D eigenvalue weighted by molar-refractivity contribution is 6.03. The van der Waals surface area contributed by atoms with Crippen molar-refractivity contribution in [3.05, 3.63) is 114 Å². The zero-order valence-electron chi connectivity index (χ0n) is 25.1. The van der Waals surface area contributed by atoms with Crippen molar-refractivity contribution >= 4 is 11.7 Å². The molecule has 8 nitrogen and oxygen atoms in total. The van der Waals surface area contributed by atoms with Gasteiger partial charge in [-0.3, -0.25) is 0 Å². The molecule has 0 saturated carbocycles. The summed E-state index contributed by atoms with van der Waals surface area (Å²) < 4.78 is 49.7. The molecule has 0 aliphatic carbocycles. The number of ether oxygens (including phenoxy) is 4. The number of nitrogens with zero attached hydrogens (tertiary/aromatic N) is 4. The maximum atomic E-state index is 13.9. The molecule has 0 radical (unpaired) electrons. The molecule has 0 bridgehead atoms. The van der Waals surface area contributed by atoms with E-state index in [4.69, 9.17) is 34.0 Å². The van der Waals surface area contributed by atoms with Crippen LogP contribution in [0.1, 0.15) is 23.6 Å². The molecule has 1 atom stereocenters. The van der Waals surface area contributed by atoms with Crippen LogP contribution in [0.15, 0.2) is 96.1 Å². The molecule has 1 aliphatic heterocycles. The zero-order chi connectivity index (χ0) is 31.5. The quantitative estimate of drug-likeness (QED) is 0.172. The van der Waals surface area contributed by atoms with E-state index in [0.29, 0.717) is 52.3 Å². The Morgan fingerprint density at radius 3 is 1.69 bits per heavy atom. The van der Waals surface area contributed by atoms with E-state index in [9.17, 15) is 8.78 Å². The van der Waals surface area contributed by atoms with Crippen LogP contribution in [0.2, 0.25) is 0 Å². The third-order valence-electron chi connectivity index (χ3n) is 7.62. The molecule has 0 spiro atoms. The molecule has 5 aromatic rings. The third-order valence-corrected chi connectivity index (χ3v) is 7.62. The van der Waals surface area contributed by atoms with Gasteiger partial charge >= 0.3 is 0 Å². The van der Waals surface area contributed by atoms with Gasteiger partial charge in [0, 0.05) is 17.5 Å². The Kier molecular flexibility index (Phi) is 8.28. The summed E-state index contributed by atoms with van der Waals surface area (Å²) in [7, 11) is 6.31. The number of halogens is 2. The normalized spacial score (nSPS) is 14.2. The molecule has 45 heavy (non-hydrogen) atoms. The molecule has 1 aromatic heterocycles. The predicted octanol–water partition coefficient (Wildman–Crippen LogP) is 7.48. The van der Waals surface area contributed by atoms with Gasteiger partial charge in [0.15, 0.2) is 23.0 Å². The largest absolute Gasteiger partial charge is 0.493 e. The number of rotatable bonds is 9. The summed E-state index contributed by atoms with van der Waals surface area (Å²) in [6.07, 6.45) is 0.483. The molecule has 6 rings (SSSR count). The first-order chi connectivity index (χ1) is 21.9. The Morgan fingerprint density at radius 2 is 1.09 bits per heavy atom. The van der Waals surface area contributed by atoms with Gasteiger partial charge < -0.3 is 18.9 Å².